The number of hydrogen-bond donors (Lipinski definition) is 1. The molecule has 0 unspecified atom stereocenters. The van der Waals surface area contributed by atoms with Gasteiger partial charge in [0.05, 0.1) is 25.1 Å². The standard InChI is InChI=1S/C10H16N4O3/c11-5-8-6-14(13-12-8)7-10(15)17-9-1-3-16-4-2-9/h6,9H,1-5,7,11H2. The SMILES string of the molecule is NCc1cn(CC(=O)OC2CCOCC2)nn1. The Balaban J connectivity index is 1.79. The van der Waals surface area contributed by atoms with Crippen molar-refractivity contribution >= 4 is 5.97 Å². The lowest BCUT2D eigenvalue weighted by atomic mass is 10.1. The van der Waals surface area contributed by atoms with Crippen molar-refractivity contribution in [2.24, 2.45) is 5.73 Å². The Morgan fingerprint density at radius 1 is 1.59 bits per heavy atom. The molecule has 17 heavy (non-hydrogen) atoms. The average molecular weight is 240 g/mol. The summed E-state index contributed by atoms with van der Waals surface area (Å²) in [6, 6.07) is 0. The summed E-state index contributed by atoms with van der Waals surface area (Å²) in [6.45, 7) is 1.69. The van der Waals surface area contributed by atoms with Crippen molar-refractivity contribution in [3.05, 3.63) is 11.9 Å². The average Bonchev–Trinajstić information content (AvgIpc) is 2.78. The fourth-order valence-corrected chi connectivity index (χ4v) is 1.66. The van der Waals surface area contributed by atoms with Crippen LogP contribution in [-0.2, 0) is 27.4 Å². The monoisotopic (exact) mass is 240 g/mol. The van der Waals surface area contributed by atoms with E-state index in [-0.39, 0.29) is 18.6 Å². The predicted molar refractivity (Wildman–Crippen MR) is 57.8 cm³/mol. The number of nitrogens with two attached hydrogens (primary N) is 1. The maximum Gasteiger partial charge on any atom is 0.328 e. The van der Waals surface area contributed by atoms with Crippen molar-refractivity contribution in [1.82, 2.24) is 15.0 Å². The van der Waals surface area contributed by atoms with Gasteiger partial charge in [-0.05, 0) is 0 Å². The Morgan fingerprint density at radius 2 is 2.35 bits per heavy atom. The van der Waals surface area contributed by atoms with E-state index in [1.54, 1.807) is 6.20 Å². The van der Waals surface area contributed by atoms with Gasteiger partial charge in [-0.3, -0.25) is 4.79 Å². The van der Waals surface area contributed by atoms with Crippen LogP contribution in [0.15, 0.2) is 6.20 Å². The maximum atomic E-state index is 11.6. The Kier molecular flexibility index (Phi) is 4.05. The molecule has 1 saturated heterocycles. The van der Waals surface area contributed by atoms with Crippen molar-refractivity contribution in [1.29, 1.82) is 0 Å². The largest absolute Gasteiger partial charge is 0.461 e. The summed E-state index contributed by atoms with van der Waals surface area (Å²) in [6.07, 6.45) is 3.13. The van der Waals surface area contributed by atoms with Gasteiger partial charge in [-0.2, -0.15) is 0 Å². The molecule has 1 aliphatic heterocycles. The van der Waals surface area contributed by atoms with Gasteiger partial charge in [-0.1, -0.05) is 5.21 Å². The number of carbonyl (C=O) groups is 1. The molecule has 0 saturated carbocycles. The molecule has 0 spiro atoms. The van der Waals surface area contributed by atoms with E-state index in [9.17, 15) is 4.79 Å². The third-order valence-corrected chi connectivity index (χ3v) is 2.55. The van der Waals surface area contributed by atoms with E-state index in [2.05, 4.69) is 10.3 Å². The lowest BCUT2D eigenvalue weighted by Gasteiger charge is -2.22. The van der Waals surface area contributed by atoms with E-state index in [4.69, 9.17) is 15.2 Å². The third kappa shape index (κ3) is 3.50. The normalized spacial score (nSPS) is 17.0. The lowest BCUT2D eigenvalue weighted by molar-refractivity contribution is -0.154. The molecule has 0 bridgehead atoms. The van der Waals surface area contributed by atoms with Crippen LogP contribution < -0.4 is 5.73 Å². The van der Waals surface area contributed by atoms with Crippen LogP contribution in [0.3, 0.4) is 0 Å². The highest BCUT2D eigenvalue weighted by Gasteiger charge is 2.18. The molecule has 0 amide bonds. The second-order valence-corrected chi connectivity index (χ2v) is 3.91. The fourth-order valence-electron chi connectivity index (χ4n) is 1.66. The molecule has 0 aliphatic carbocycles. The Morgan fingerprint density at radius 3 is 3.00 bits per heavy atom. The summed E-state index contributed by atoms with van der Waals surface area (Å²) in [4.78, 5) is 11.6. The highest BCUT2D eigenvalue weighted by atomic mass is 16.6. The van der Waals surface area contributed by atoms with E-state index in [1.165, 1.54) is 4.68 Å². The van der Waals surface area contributed by atoms with Gasteiger partial charge in [0.1, 0.15) is 12.6 Å². The molecule has 0 atom stereocenters. The topological polar surface area (TPSA) is 92.3 Å². The van der Waals surface area contributed by atoms with Gasteiger partial charge >= 0.3 is 5.97 Å². The third-order valence-electron chi connectivity index (χ3n) is 2.55. The molecule has 0 radical (unpaired) electrons. The first-order valence-electron chi connectivity index (χ1n) is 5.64. The van der Waals surface area contributed by atoms with Crippen molar-refractivity contribution < 1.29 is 14.3 Å². The van der Waals surface area contributed by atoms with E-state index in [0.717, 1.165) is 12.8 Å². The molecule has 0 aromatic carbocycles. The number of rotatable bonds is 4. The first kappa shape index (κ1) is 12.0. The molecule has 1 aromatic rings. The number of nitrogens with zero attached hydrogens (tertiary/aromatic N) is 3. The summed E-state index contributed by atoms with van der Waals surface area (Å²) < 4.78 is 11.9. The van der Waals surface area contributed by atoms with Gasteiger partial charge in [0.15, 0.2) is 0 Å². The zero-order chi connectivity index (χ0) is 12.1. The van der Waals surface area contributed by atoms with Gasteiger partial charge in [0.25, 0.3) is 0 Å². The van der Waals surface area contributed by atoms with Gasteiger partial charge in [0, 0.05) is 19.4 Å². The van der Waals surface area contributed by atoms with Crippen LogP contribution in [0, 0.1) is 0 Å². The smallest absolute Gasteiger partial charge is 0.328 e. The van der Waals surface area contributed by atoms with Crippen LogP contribution in [0.2, 0.25) is 0 Å². The first-order valence-corrected chi connectivity index (χ1v) is 5.64. The predicted octanol–water partition coefficient (Wildman–Crippen LogP) is -0.541. The first-order chi connectivity index (χ1) is 8.28. The van der Waals surface area contributed by atoms with E-state index >= 15 is 0 Å². The zero-order valence-corrected chi connectivity index (χ0v) is 9.54. The number of hydrogen-bond acceptors (Lipinski definition) is 6. The number of ether oxygens (including phenoxy) is 2. The molecule has 2 heterocycles. The van der Waals surface area contributed by atoms with Crippen LogP contribution in [-0.4, -0.2) is 40.3 Å². The summed E-state index contributed by atoms with van der Waals surface area (Å²) in [5.41, 5.74) is 6.05. The summed E-state index contributed by atoms with van der Waals surface area (Å²) in [5, 5.41) is 7.58. The molecular weight excluding hydrogens is 224 g/mol. The van der Waals surface area contributed by atoms with Crippen LogP contribution in [0.4, 0.5) is 0 Å². The molecule has 1 aromatic heterocycles. The molecule has 94 valence electrons. The molecule has 1 fully saturated rings. The van der Waals surface area contributed by atoms with Crippen LogP contribution in [0.5, 0.6) is 0 Å². The number of carbonyl (C=O) groups excluding carboxylic acids is 1. The summed E-state index contributed by atoms with van der Waals surface area (Å²) in [7, 11) is 0. The molecule has 7 nitrogen and oxygen atoms in total. The molecule has 7 heteroatoms. The van der Waals surface area contributed by atoms with E-state index in [1.807, 2.05) is 0 Å². The zero-order valence-electron chi connectivity index (χ0n) is 9.54. The van der Waals surface area contributed by atoms with Crippen LogP contribution in [0.1, 0.15) is 18.5 Å². The Bertz CT molecular complexity index is 373. The highest BCUT2D eigenvalue weighted by Crippen LogP contribution is 2.10. The number of esters is 1. The quantitative estimate of drug-likeness (QED) is 0.710. The minimum absolute atomic E-state index is 0.0336. The second-order valence-electron chi connectivity index (χ2n) is 3.91. The minimum atomic E-state index is -0.301. The molecule has 1 aliphatic rings. The van der Waals surface area contributed by atoms with Gasteiger partial charge in [0.2, 0.25) is 0 Å². The van der Waals surface area contributed by atoms with E-state index in [0.29, 0.717) is 25.5 Å². The van der Waals surface area contributed by atoms with Crippen molar-refractivity contribution in [3.8, 4) is 0 Å². The number of aromatic nitrogens is 3. The van der Waals surface area contributed by atoms with Crippen LogP contribution in [0.25, 0.3) is 0 Å². The summed E-state index contributed by atoms with van der Waals surface area (Å²) >= 11 is 0. The second kappa shape index (κ2) is 5.74. The van der Waals surface area contributed by atoms with Crippen LogP contribution >= 0.6 is 0 Å². The Labute approximate surface area is 98.9 Å². The Hall–Kier alpha value is -1.47. The molecule has 2 rings (SSSR count). The van der Waals surface area contributed by atoms with Gasteiger partial charge in [-0.25, -0.2) is 4.68 Å². The van der Waals surface area contributed by atoms with Gasteiger partial charge in [-0.15, -0.1) is 5.10 Å². The molecular formula is C10H16N4O3. The molecule has 2 N–H and O–H groups in total. The summed E-state index contributed by atoms with van der Waals surface area (Å²) in [5.74, 6) is -0.301. The van der Waals surface area contributed by atoms with Crippen molar-refractivity contribution in [2.45, 2.75) is 32.0 Å². The van der Waals surface area contributed by atoms with E-state index < -0.39 is 0 Å². The maximum absolute atomic E-state index is 11.6. The fraction of sp³-hybridized carbons (Fsp3) is 0.700. The van der Waals surface area contributed by atoms with Crippen molar-refractivity contribution in [3.63, 3.8) is 0 Å². The lowest BCUT2D eigenvalue weighted by Crippen LogP contribution is -2.27. The minimum Gasteiger partial charge on any atom is -0.461 e. The highest BCUT2D eigenvalue weighted by molar-refractivity contribution is 5.69. The van der Waals surface area contributed by atoms with Crippen molar-refractivity contribution in [2.75, 3.05) is 13.2 Å². The van der Waals surface area contributed by atoms with Gasteiger partial charge < -0.3 is 15.2 Å².